The summed E-state index contributed by atoms with van der Waals surface area (Å²) >= 11 is 1.54. The second kappa shape index (κ2) is 7.54. The normalized spacial score (nSPS) is 17.1. The molecule has 6 nitrogen and oxygen atoms in total. The van der Waals surface area contributed by atoms with E-state index in [4.69, 9.17) is 9.47 Å². The van der Waals surface area contributed by atoms with Crippen molar-refractivity contribution in [2.24, 2.45) is 0 Å². The van der Waals surface area contributed by atoms with Crippen LogP contribution in [-0.4, -0.2) is 38.5 Å². The molecule has 8 heteroatoms. The summed E-state index contributed by atoms with van der Waals surface area (Å²) in [4.78, 5) is 5.14. The van der Waals surface area contributed by atoms with Crippen molar-refractivity contribution in [3.05, 3.63) is 70.2 Å². The maximum absolute atomic E-state index is 13.4. The number of methoxy groups -OCH3 is 2. The highest BCUT2D eigenvalue weighted by Crippen LogP contribution is 2.44. The average Bonchev–Trinajstić information content (AvgIpc) is 3.26. The Morgan fingerprint density at radius 2 is 1.93 bits per heavy atom. The molecule has 3 heterocycles. The number of thiophene rings is 1. The number of sulfonamides is 1. The van der Waals surface area contributed by atoms with E-state index >= 15 is 0 Å². The monoisotopic (exact) mass is 416 g/mol. The zero-order valence-corrected chi connectivity index (χ0v) is 17.2. The summed E-state index contributed by atoms with van der Waals surface area (Å²) in [5.41, 5.74) is 1.98. The first kappa shape index (κ1) is 18.9. The summed E-state index contributed by atoms with van der Waals surface area (Å²) < 4.78 is 39.3. The Balaban J connectivity index is 1.89. The summed E-state index contributed by atoms with van der Waals surface area (Å²) in [5.74, 6) is 1.23. The van der Waals surface area contributed by atoms with Gasteiger partial charge in [-0.3, -0.25) is 4.98 Å². The molecule has 0 radical (unpaired) electrons. The van der Waals surface area contributed by atoms with Gasteiger partial charge < -0.3 is 9.47 Å². The number of benzene rings is 1. The highest BCUT2D eigenvalue weighted by Gasteiger charge is 2.38. The first-order chi connectivity index (χ1) is 13.6. The zero-order chi connectivity index (χ0) is 19.7. The van der Waals surface area contributed by atoms with Gasteiger partial charge in [0.25, 0.3) is 0 Å². The molecule has 1 aliphatic rings. The largest absolute Gasteiger partial charge is 0.493 e. The summed E-state index contributed by atoms with van der Waals surface area (Å²) in [6.45, 7) is 0.377. The third-order valence-electron chi connectivity index (χ3n) is 4.88. The van der Waals surface area contributed by atoms with Crippen LogP contribution in [0.5, 0.6) is 11.5 Å². The maximum atomic E-state index is 13.4. The van der Waals surface area contributed by atoms with Crippen molar-refractivity contribution < 1.29 is 17.9 Å². The van der Waals surface area contributed by atoms with E-state index in [1.807, 2.05) is 29.6 Å². The summed E-state index contributed by atoms with van der Waals surface area (Å²) in [6, 6.07) is 10.5. The topological polar surface area (TPSA) is 68.7 Å². The lowest BCUT2D eigenvalue weighted by Crippen LogP contribution is -2.40. The van der Waals surface area contributed by atoms with Crippen molar-refractivity contribution in [3.8, 4) is 11.5 Å². The van der Waals surface area contributed by atoms with Gasteiger partial charge in [-0.1, -0.05) is 6.07 Å². The fourth-order valence-electron chi connectivity index (χ4n) is 3.56. The number of nitrogens with zero attached hydrogens (tertiary/aromatic N) is 2. The Morgan fingerprint density at radius 1 is 1.14 bits per heavy atom. The number of rotatable bonds is 5. The van der Waals surface area contributed by atoms with E-state index in [0.717, 1.165) is 16.0 Å². The van der Waals surface area contributed by atoms with E-state index in [1.165, 1.54) is 17.5 Å². The van der Waals surface area contributed by atoms with Crippen LogP contribution in [0.3, 0.4) is 0 Å². The molecular formula is C20H20N2O4S2. The summed E-state index contributed by atoms with van der Waals surface area (Å²) in [6.07, 6.45) is 3.56. The molecular weight excluding hydrogens is 396 g/mol. The number of hydrogen-bond acceptors (Lipinski definition) is 6. The SMILES string of the molecule is COc1cc2c(cc1OC)[C@@H](c1cccs1)N(S(=O)(=O)c1cccnc1)CC2. The Bertz CT molecular complexity index is 1070. The third-order valence-corrected chi connectivity index (χ3v) is 7.66. The van der Waals surface area contributed by atoms with Crippen molar-refractivity contribution in [1.82, 2.24) is 9.29 Å². The minimum atomic E-state index is -3.71. The van der Waals surface area contributed by atoms with Crippen LogP contribution in [0, 0.1) is 0 Å². The summed E-state index contributed by atoms with van der Waals surface area (Å²) in [7, 11) is -0.529. The van der Waals surface area contributed by atoms with Crippen molar-refractivity contribution in [2.75, 3.05) is 20.8 Å². The number of hydrogen-bond donors (Lipinski definition) is 0. The number of pyridine rings is 1. The second-order valence-electron chi connectivity index (χ2n) is 6.38. The molecule has 0 saturated carbocycles. The predicted octanol–water partition coefficient (Wildman–Crippen LogP) is 3.50. The standard InChI is InChI=1S/C20H20N2O4S2/c1-25-17-11-14-7-9-22(28(23,24)15-5-3-8-21-13-15)20(19-6-4-10-27-19)16(14)12-18(17)26-2/h3-6,8,10-13,20H,7,9H2,1-2H3/t20-/m0/s1. The Kier molecular flexibility index (Phi) is 5.09. The van der Waals surface area contributed by atoms with E-state index in [-0.39, 0.29) is 4.90 Å². The molecule has 1 aliphatic heterocycles. The van der Waals surface area contributed by atoms with Gasteiger partial charge in [-0.25, -0.2) is 8.42 Å². The molecule has 0 amide bonds. The average molecular weight is 417 g/mol. The molecule has 0 unspecified atom stereocenters. The van der Waals surface area contributed by atoms with Crippen molar-refractivity contribution in [1.29, 1.82) is 0 Å². The number of fused-ring (bicyclic) bond motifs is 1. The van der Waals surface area contributed by atoms with Gasteiger partial charge in [0.05, 0.1) is 20.3 Å². The molecule has 0 spiro atoms. The van der Waals surface area contributed by atoms with Crippen LogP contribution in [0.4, 0.5) is 0 Å². The minimum absolute atomic E-state index is 0.195. The van der Waals surface area contributed by atoms with Gasteiger partial charge in [0.2, 0.25) is 10.0 Å². The van der Waals surface area contributed by atoms with Crippen LogP contribution >= 0.6 is 11.3 Å². The van der Waals surface area contributed by atoms with Gasteiger partial charge in [0.15, 0.2) is 11.5 Å². The lowest BCUT2D eigenvalue weighted by molar-refractivity contribution is 0.334. The van der Waals surface area contributed by atoms with Gasteiger partial charge in [0.1, 0.15) is 4.90 Å². The van der Waals surface area contributed by atoms with Crippen molar-refractivity contribution in [3.63, 3.8) is 0 Å². The summed E-state index contributed by atoms with van der Waals surface area (Å²) in [5, 5.41) is 1.96. The van der Waals surface area contributed by atoms with Crippen molar-refractivity contribution in [2.45, 2.75) is 17.4 Å². The van der Waals surface area contributed by atoms with E-state index in [1.54, 1.807) is 36.9 Å². The Labute approximate surface area is 168 Å². The second-order valence-corrected chi connectivity index (χ2v) is 9.25. The van der Waals surface area contributed by atoms with Crippen LogP contribution in [0.25, 0.3) is 0 Å². The molecule has 1 aromatic carbocycles. The number of ether oxygens (including phenoxy) is 2. The highest BCUT2D eigenvalue weighted by molar-refractivity contribution is 7.89. The smallest absolute Gasteiger partial charge is 0.245 e. The third kappa shape index (κ3) is 3.17. The van der Waals surface area contributed by atoms with Crippen LogP contribution in [-0.2, 0) is 16.4 Å². The fourth-order valence-corrected chi connectivity index (χ4v) is 6.03. The Morgan fingerprint density at radius 3 is 2.57 bits per heavy atom. The molecule has 0 saturated heterocycles. The zero-order valence-electron chi connectivity index (χ0n) is 15.5. The van der Waals surface area contributed by atoms with E-state index in [9.17, 15) is 8.42 Å². The maximum Gasteiger partial charge on any atom is 0.245 e. The van der Waals surface area contributed by atoms with Gasteiger partial charge in [-0.05, 0) is 53.3 Å². The lowest BCUT2D eigenvalue weighted by atomic mass is 9.92. The minimum Gasteiger partial charge on any atom is -0.493 e. The first-order valence-electron chi connectivity index (χ1n) is 8.76. The van der Waals surface area contributed by atoms with Crippen molar-refractivity contribution >= 4 is 21.4 Å². The van der Waals surface area contributed by atoms with Crippen LogP contribution < -0.4 is 9.47 Å². The first-order valence-corrected chi connectivity index (χ1v) is 11.1. The lowest BCUT2D eigenvalue weighted by Gasteiger charge is -2.36. The molecule has 28 heavy (non-hydrogen) atoms. The molecule has 146 valence electrons. The molecule has 0 N–H and O–H groups in total. The predicted molar refractivity (Wildman–Crippen MR) is 108 cm³/mol. The van der Waals surface area contributed by atoms with Crippen LogP contribution in [0.15, 0.2) is 59.1 Å². The number of aromatic nitrogens is 1. The van der Waals surface area contributed by atoms with Gasteiger partial charge in [-0.15, -0.1) is 11.3 Å². The molecule has 0 aliphatic carbocycles. The molecule has 0 bridgehead atoms. The van der Waals surface area contributed by atoms with E-state index < -0.39 is 16.1 Å². The quantitative estimate of drug-likeness (QED) is 0.637. The van der Waals surface area contributed by atoms with E-state index in [2.05, 4.69) is 4.98 Å². The molecule has 3 aromatic rings. The van der Waals surface area contributed by atoms with Crippen LogP contribution in [0.2, 0.25) is 0 Å². The highest BCUT2D eigenvalue weighted by atomic mass is 32.2. The van der Waals surface area contributed by atoms with Gasteiger partial charge in [-0.2, -0.15) is 4.31 Å². The van der Waals surface area contributed by atoms with E-state index in [0.29, 0.717) is 24.5 Å². The molecule has 0 fully saturated rings. The van der Waals surface area contributed by atoms with Crippen LogP contribution in [0.1, 0.15) is 22.0 Å². The van der Waals surface area contributed by atoms with Gasteiger partial charge >= 0.3 is 0 Å². The molecule has 2 aromatic heterocycles. The molecule has 4 rings (SSSR count). The Hall–Kier alpha value is -2.42. The fraction of sp³-hybridized carbons (Fsp3) is 0.250. The molecule has 1 atom stereocenters. The van der Waals surface area contributed by atoms with Gasteiger partial charge in [0, 0.05) is 23.8 Å².